The second-order valence-electron chi connectivity index (χ2n) is 5.76. The molecule has 1 fully saturated rings. The summed E-state index contributed by atoms with van der Waals surface area (Å²) in [6.07, 6.45) is -5.63. The van der Waals surface area contributed by atoms with Gasteiger partial charge in [-0.2, -0.15) is 13.2 Å². The molecule has 0 unspecified atom stereocenters. The summed E-state index contributed by atoms with van der Waals surface area (Å²) in [5.41, 5.74) is -1.20. The van der Waals surface area contributed by atoms with Crippen molar-refractivity contribution in [3.63, 3.8) is 0 Å². The van der Waals surface area contributed by atoms with E-state index < -0.39 is 36.8 Å². The summed E-state index contributed by atoms with van der Waals surface area (Å²) in [7, 11) is 0. The monoisotopic (exact) mass is 378 g/mol. The molecule has 1 aliphatic heterocycles. The summed E-state index contributed by atoms with van der Waals surface area (Å²) in [4.78, 5) is 11.8. The Balaban J connectivity index is 2.20. The first-order valence-corrected chi connectivity index (χ1v) is 7.57. The van der Waals surface area contributed by atoms with E-state index in [-0.39, 0.29) is 23.5 Å². The Morgan fingerprint density at radius 3 is 2.73 bits per heavy atom. The topological polar surface area (TPSA) is 152 Å². The first-order valence-electron chi connectivity index (χ1n) is 7.57. The number of aliphatic hydroxyl groups is 3. The lowest BCUT2D eigenvalue weighted by Gasteiger charge is -2.41. The van der Waals surface area contributed by atoms with Gasteiger partial charge >= 0.3 is 6.18 Å². The number of aliphatic hydroxyl groups excluding tert-OH is 2. The number of nitrogens with one attached hydrogen (secondary N) is 1. The zero-order valence-electron chi connectivity index (χ0n) is 13.3. The number of ether oxygens (including phenoxy) is 1. The Morgan fingerprint density at radius 1 is 1.38 bits per heavy atom. The molecule has 0 bridgehead atoms. The smallest absolute Gasteiger partial charge is 0.391 e. The van der Waals surface area contributed by atoms with E-state index in [1.165, 1.54) is 0 Å². The van der Waals surface area contributed by atoms with Crippen LogP contribution in [0.15, 0.2) is 12.7 Å². The fraction of sp³-hybridized carbons (Fsp3) is 0.615. The zero-order chi connectivity index (χ0) is 19.2. The van der Waals surface area contributed by atoms with Crippen molar-refractivity contribution in [1.82, 2.24) is 19.5 Å². The molecule has 0 radical (unpaired) electrons. The highest BCUT2D eigenvalue weighted by atomic mass is 19.4. The average Bonchev–Trinajstić information content (AvgIpc) is 3.14. The average molecular weight is 378 g/mol. The number of hydrogen-bond acceptors (Lipinski definition) is 9. The molecule has 1 saturated heterocycles. The van der Waals surface area contributed by atoms with Gasteiger partial charge in [0.2, 0.25) is 11.3 Å². The third-order valence-corrected chi connectivity index (χ3v) is 4.36. The normalized spacial score (nSPS) is 29.4. The molecule has 1 aliphatic rings. The van der Waals surface area contributed by atoms with Crippen LogP contribution in [0.1, 0.15) is 0 Å². The molecule has 0 amide bonds. The number of fused-ring (bicyclic) bond motifs is 1. The Kier molecular flexibility index (Phi) is 4.52. The molecule has 13 heteroatoms. The summed E-state index contributed by atoms with van der Waals surface area (Å²) in [5, 5.41) is 32.8. The maximum absolute atomic E-state index is 13.6. The van der Waals surface area contributed by atoms with Crippen LogP contribution in [-0.4, -0.2) is 79.0 Å². The third-order valence-electron chi connectivity index (χ3n) is 4.36. The van der Waals surface area contributed by atoms with E-state index in [4.69, 9.17) is 10.5 Å². The van der Waals surface area contributed by atoms with Crippen LogP contribution < -0.4 is 11.1 Å². The molecular formula is C13H17F3N6O4. The minimum atomic E-state index is -5.31. The van der Waals surface area contributed by atoms with Crippen LogP contribution in [0.5, 0.6) is 0 Å². The van der Waals surface area contributed by atoms with Crippen LogP contribution in [0.25, 0.3) is 11.2 Å². The lowest BCUT2D eigenvalue weighted by atomic mass is 9.86. The van der Waals surface area contributed by atoms with E-state index in [2.05, 4.69) is 20.3 Å². The molecule has 6 N–H and O–H groups in total. The second-order valence-corrected chi connectivity index (χ2v) is 5.76. The lowest BCUT2D eigenvalue weighted by Crippen LogP contribution is -2.67. The lowest BCUT2D eigenvalue weighted by molar-refractivity contribution is -0.340. The van der Waals surface area contributed by atoms with Gasteiger partial charge < -0.3 is 31.1 Å². The van der Waals surface area contributed by atoms with Crippen LogP contribution >= 0.6 is 0 Å². The first-order chi connectivity index (χ1) is 12.2. The van der Waals surface area contributed by atoms with Crippen LogP contribution in [0.4, 0.5) is 19.0 Å². The van der Waals surface area contributed by atoms with E-state index >= 15 is 0 Å². The Bertz CT molecular complexity index is 802. The quantitative estimate of drug-likeness (QED) is 0.420. The molecule has 2 aromatic heterocycles. The number of rotatable bonds is 5. The molecule has 0 saturated carbocycles. The molecule has 10 nitrogen and oxygen atoms in total. The van der Waals surface area contributed by atoms with E-state index in [1.807, 2.05) is 0 Å². The molecule has 144 valence electrons. The van der Waals surface area contributed by atoms with Crippen molar-refractivity contribution in [3.05, 3.63) is 12.7 Å². The molecular weight excluding hydrogens is 361 g/mol. The van der Waals surface area contributed by atoms with E-state index in [9.17, 15) is 28.5 Å². The molecule has 3 heterocycles. The van der Waals surface area contributed by atoms with Crippen molar-refractivity contribution in [2.45, 2.75) is 23.6 Å². The number of aromatic nitrogens is 4. The predicted molar refractivity (Wildman–Crippen MR) is 80.9 cm³/mol. The molecule has 0 aromatic carbocycles. The Labute approximate surface area is 144 Å². The highest BCUT2D eigenvalue weighted by molar-refractivity contribution is 5.82. The van der Waals surface area contributed by atoms with Gasteiger partial charge in [0, 0.05) is 13.1 Å². The molecule has 2 aromatic rings. The fourth-order valence-electron chi connectivity index (χ4n) is 3.03. The van der Waals surface area contributed by atoms with Gasteiger partial charge in [-0.25, -0.2) is 15.0 Å². The summed E-state index contributed by atoms with van der Waals surface area (Å²) >= 11 is 0. The SMILES string of the molecule is NCCNc1ncnc2c1ncn2[C@@]1(CO)OC[C@H](O)[C@@]1(O)C(F)(F)F. The van der Waals surface area contributed by atoms with Gasteiger partial charge in [0.1, 0.15) is 12.4 Å². The highest BCUT2D eigenvalue weighted by Crippen LogP contribution is 2.50. The third kappa shape index (κ3) is 2.35. The minimum Gasteiger partial charge on any atom is -0.391 e. The van der Waals surface area contributed by atoms with Crippen molar-refractivity contribution in [2.75, 3.05) is 31.6 Å². The van der Waals surface area contributed by atoms with Crippen LogP contribution in [0, 0.1) is 0 Å². The summed E-state index contributed by atoms with van der Waals surface area (Å²) in [5.74, 6) is 0.210. The number of imidazole rings is 1. The first kappa shape index (κ1) is 18.7. The van der Waals surface area contributed by atoms with Gasteiger partial charge in [0.05, 0.1) is 19.5 Å². The summed E-state index contributed by atoms with van der Waals surface area (Å²) in [6.45, 7) is -1.54. The Hall–Kier alpha value is -2.06. The highest BCUT2D eigenvalue weighted by Gasteiger charge is 2.75. The van der Waals surface area contributed by atoms with Gasteiger partial charge in [-0.05, 0) is 0 Å². The van der Waals surface area contributed by atoms with Crippen LogP contribution in [-0.2, 0) is 10.5 Å². The maximum Gasteiger partial charge on any atom is 0.424 e. The van der Waals surface area contributed by atoms with E-state index in [0.29, 0.717) is 6.54 Å². The van der Waals surface area contributed by atoms with Gasteiger partial charge in [-0.3, -0.25) is 4.57 Å². The Morgan fingerprint density at radius 2 is 2.12 bits per heavy atom. The number of halogens is 3. The maximum atomic E-state index is 13.6. The second kappa shape index (κ2) is 6.28. The number of hydrogen-bond donors (Lipinski definition) is 5. The fourth-order valence-corrected chi connectivity index (χ4v) is 3.03. The summed E-state index contributed by atoms with van der Waals surface area (Å²) in [6, 6.07) is 0. The molecule has 0 spiro atoms. The molecule has 3 rings (SSSR count). The van der Waals surface area contributed by atoms with Crippen molar-refractivity contribution in [3.8, 4) is 0 Å². The largest absolute Gasteiger partial charge is 0.424 e. The van der Waals surface area contributed by atoms with Gasteiger partial charge in [-0.15, -0.1) is 0 Å². The van der Waals surface area contributed by atoms with Gasteiger partial charge in [-0.1, -0.05) is 0 Å². The van der Waals surface area contributed by atoms with Gasteiger partial charge in [0.15, 0.2) is 17.0 Å². The predicted octanol–water partition coefficient (Wildman–Crippen LogP) is -1.47. The molecule has 0 aliphatic carbocycles. The summed E-state index contributed by atoms with van der Waals surface area (Å²) < 4.78 is 46.7. The number of nitrogens with zero attached hydrogens (tertiary/aromatic N) is 4. The number of nitrogens with two attached hydrogens (primary N) is 1. The minimum absolute atomic E-state index is 0.0864. The molecule has 26 heavy (non-hydrogen) atoms. The van der Waals surface area contributed by atoms with E-state index in [0.717, 1.165) is 17.2 Å². The van der Waals surface area contributed by atoms with Crippen molar-refractivity contribution in [2.24, 2.45) is 5.73 Å². The molecule has 3 atom stereocenters. The van der Waals surface area contributed by atoms with Crippen LogP contribution in [0.2, 0.25) is 0 Å². The van der Waals surface area contributed by atoms with Crippen molar-refractivity contribution in [1.29, 1.82) is 0 Å². The van der Waals surface area contributed by atoms with Gasteiger partial charge in [0.25, 0.3) is 0 Å². The number of anilines is 1. The number of alkyl halides is 3. The van der Waals surface area contributed by atoms with Crippen molar-refractivity contribution >= 4 is 17.0 Å². The standard InChI is InChI=1S/C13H17F3N6O4/c14-13(15,16)12(25)7(24)3-26-11(12,4-23)22-6-21-8-9(18-2-1-17)19-5-20-10(8)22/h5-7,23-25H,1-4,17H2,(H,18,19,20)/t7-,11-,12-/m0/s1. The van der Waals surface area contributed by atoms with Crippen molar-refractivity contribution < 1.29 is 33.2 Å². The van der Waals surface area contributed by atoms with Crippen LogP contribution in [0.3, 0.4) is 0 Å². The zero-order valence-corrected chi connectivity index (χ0v) is 13.3. The van der Waals surface area contributed by atoms with E-state index in [1.54, 1.807) is 0 Å².